The fraction of sp³-hybridized carbons (Fsp3) is 0.154. The molecule has 0 N–H and O–H groups in total. The molecule has 3 rings (SSSR count). The van der Waals surface area contributed by atoms with Gasteiger partial charge in [0.25, 0.3) is 0 Å². The maximum atomic E-state index is 12.4. The number of allylic oxidation sites excluding steroid dienone is 1. The first-order valence-corrected chi connectivity index (χ1v) is 9.80. The molecular weight excluding hydrogens is 359 g/mol. The summed E-state index contributed by atoms with van der Waals surface area (Å²) in [5.74, 6) is 0. The van der Waals surface area contributed by atoms with Gasteiger partial charge in [-0.2, -0.15) is 10.2 Å². The van der Waals surface area contributed by atoms with Gasteiger partial charge in [-0.15, -0.1) is 6.58 Å². The van der Waals surface area contributed by atoms with Crippen LogP contribution >= 0.6 is 0 Å². The van der Waals surface area contributed by atoms with Crippen LogP contribution in [0.25, 0.3) is 11.1 Å². The van der Waals surface area contributed by atoms with Gasteiger partial charge >= 0.3 is 0 Å². The summed E-state index contributed by atoms with van der Waals surface area (Å²) < 4.78 is 12.4. The molecule has 0 atom stereocenters. The molecule has 0 saturated carbocycles. The summed E-state index contributed by atoms with van der Waals surface area (Å²) in [5.41, 5.74) is 6.56. The van der Waals surface area contributed by atoms with Crippen LogP contribution in [0.2, 0.25) is 0 Å². The largest absolute Gasteiger partial charge is 0.251 e. The lowest BCUT2D eigenvalue weighted by Crippen LogP contribution is -1.87. The SMILES string of the molecule is C=CCCc1ccc(/C=N/N=C/c2ccc(-c3ccc(CCF)cc3)cc2)cc1. The Morgan fingerprint density at radius 3 is 1.62 bits per heavy atom. The maximum Gasteiger partial charge on any atom is 0.0934 e. The highest BCUT2D eigenvalue weighted by molar-refractivity contribution is 5.83. The number of rotatable bonds is 9. The number of hydrogen-bond donors (Lipinski definition) is 0. The maximum absolute atomic E-state index is 12.4. The predicted molar refractivity (Wildman–Crippen MR) is 122 cm³/mol. The van der Waals surface area contributed by atoms with Gasteiger partial charge in [0.1, 0.15) is 0 Å². The Balaban J connectivity index is 1.56. The van der Waals surface area contributed by atoms with Crippen molar-refractivity contribution in [3.8, 4) is 11.1 Å². The summed E-state index contributed by atoms with van der Waals surface area (Å²) in [5, 5.41) is 8.27. The highest BCUT2D eigenvalue weighted by Crippen LogP contribution is 2.20. The van der Waals surface area contributed by atoms with E-state index in [0.29, 0.717) is 6.42 Å². The van der Waals surface area contributed by atoms with Crippen LogP contribution < -0.4 is 0 Å². The van der Waals surface area contributed by atoms with Crippen LogP contribution in [0.5, 0.6) is 0 Å². The van der Waals surface area contributed by atoms with E-state index in [4.69, 9.17) is 0 Å². The molecule has 0 aliphatic carbocycles. The zero-order valence-electron chi connectivity index (χ0n) is 16.5. The van der Waals surface area contributed by atoms with Crippen LogP contribution in [0.1, 0.15) is 28.7 Å². The number of halogens is 1. The molecule has 3 aromatic rings. The monoisotopic (exact) mass is 384 g/mol. The smallest absolute Gasteiger partial charge is 0.0934 e. The van der Waals surface area contributed by atoms with Crippen LogP contribution in [0.15, 0.2) is 95.7 Å². The summed E-state index contributed by atoms with van der Waals surface area (Å²) in [6.07, 6.45) is 7.89. The first-order chi connectivity index (χ1) is 14.3. The number of hydrogen-bond acceptors (Lipinski definition) is 2. The van der Waals surface area contributed by atoms with Crippen molar-refractivity contribution < 1.29 is 4.39 Å². The molecule has 0 heterocycles. The number of aryl methyl sites for hydroxylation is 2. The summed E-state index contributed by atoms with van der Waals surface area (Å²) in [6, 6.07) is 24.5. The van der Waals surface area contributed by atoms with Gasteiger partial charge in [0.15, 0.2) is 0 Å². The van der Waals surface area contributed by atoms with Crippen molar-refractivity contribution in [3.63, 3.8) is 0 Å². The Morgan fingerprint density at radius 1 is 0.655 bits per heavy atom. The second-order valence-corrected chi connectivity index (χ2v) is 6.82. The highest BCUT2D eigenvalue weighted by atomic mass is 19.1. The van der Waals surface area contributed by atoms with Crippen molar-refractivity contribution >= 4 is 12.4 Å². The minimum atomic E-state index is -0.323. The molecule has 0 amide bonds. The van der Waals surface area contributed by atoms with Crippen molar-refractivity contribution in [1.82, 2.24) is 0 Å². The van der Waals surface area contributed by atoms with Gasteiger partial charge in [-0.05, 0) is 46.2 Å². The van der Waals surface area contributed by atoms with E-state index in [-0.39, 0.29) is 6.67 Å². The summed E-state index contributed by atoms with van der Waals surface area (Å²) in [7, 11) is 0. The predicted octanol–water partition coefficient (Wildman–Crippen LogP) is 6.44. The average Bonchev–Trinajstić information content (AvgIpc) is 2.77. The van der Waals surface area contributed by atoms with Gasteiger partial charge in [-0.25, -0.2) is 0 Å². The average molecular weight is 384 g/mol. The molecule has 0 aliphatic heterocycles. The Hall–Kier alpha value is -3.33. The Labute approximate surface area is 172 Å². The minimum absolute atomic E-state index is 0.323. The van der Waals surface area contributed by atoms with E-state index in [2.05, 4.69) is 41.0 Å². The molecule has 0 aliphatic rings. The molecule has 3 aromatic carbocycles. The summed E-state index contributed by atoms with van der Waals surface area (Å²) in [6.45, 7) is 3.43. The van der Waals surface area contributed by atoms with E-state index >= 15 is 0 Å². The molecule has 0 aromatic heterocycles. The molecular formula is C26H25FN2. The van der Waals surface area contributed by atoms with E-state index in [9.17, 15) is 4.39 Å². The summed E-state index contributed by atoms with van der Waals surface area (Å²) >= 11 is 0. The van der Waals surface area contributed by atoms with Crippen LogP contribution in [0, 0.1) is 0 Å². The number of nitrogens with zero attached hydrogens (tertiary/aromatic N) is 2. The molecule has 0 saturated heterocycles. The van der Waals surface area contributed by atoms with E-state index in [1.54, 1.807) is 12.4 Å². The Bertz CT molecular complexity index is 953. The Kier molecular flexibility index (Phi) is 7.64. The second-order valence-electron chi connectivity index (χ2n) is 6.82. The fourth-order valence-corrected chi connectivity index (χ4v) is 2.97. The highest BCUT2D eigenvalue weighted by Gasteiger charge is 1.99. The van der Waals surface area contributed by atoms with Crippen molar-refractivity contribution in [3.05, 3.63) is 108 Å². The molecule has 2 nitrogen and oxygen atoms in total. The number of alkyl halides is 1. The van der Waals surface area contributed by atoms with Gasteiger partial charge < -0.3 is 0 Å². The van der Waals surface area contributed by atoms with Crippen LogP contribution in [0.3, 0.4) is 0 Å². The van der Waals surface area contributed by atoms with Crippen LogP contribution in [-0.4, -0.2) is 19.1 Å². The van der Waals surface area contributed by atoms with Crippen molar-refractivity contribution in [2.24, 2.45) is 10.2 Å². The molecule has 29 heavy (non-hydrogen) atoms. The van der Waals surface area contributed by atoms with Crippen LogP contribution in [-0.2, 0) is 12.8 Å². The zero-order valence-corrected chi connectivity index (χ0v) is 16.5. The summed E-state index contributed by atoms with van der Waals surface area (Å²) in [4.78, 5) is 0. The van der Waals surface area contributed by atoms with Gasteiger partial charge in [0.2, 0.25) is 0 Å². The van der Waals surface area contributed by atoms with Gasteiger partial charge in [0.05, 0.1) is 19.1 Å². The van der Waals surface area contributed by atoms with Crippen molar-refractivity contribution in [2.45, 2.75) is 19.3 Å². The molecule has 0 unspecified atom stereocenters. The van der Waals surface area contributed by atoms with E-state index in [1.807, 2.05) is 54.6 Å². The third-order valence-electron chi connectivity index (χ3n) is 4.68. The lowest BCUT2D eigenvalue weighted by Gasteiger charge is -2.04. The quantitative estimate of drug-likeness (QED) is 0.230. The molecule has 0 radical (unpaired) electrons. The van der Waals surface area contributed by atoms with E-state index < -0.39 is 0 Å². The number of benzene rings is 3. The van der Waals surface area contributed by atoms with Crippen molar-refractivity contribution in [2.75, 3.05) is 6.67 Å². The topological polar surface area (TPSA) is 24.7 Å². The molecule has 0 fully saturated rings. The first kappa shape index (κ1) is 20.4. The minimum Gasteiger partial charge on any atom is -0.251 e. The van der Waals surface area contributed by atoms with E-state index in [0.717, 1.165) is 40.7 Å². The standard InChI is InChI=1S/C26H25FN2/c1-2-3-4-21-5-7-23(8-6-21)19-28-29-20-24-11-15-26(16-12-24)25-13-9-22(10-14-25)17-18-27/h2,5-16,19-20H,1,3-4,17-18H2/b28-19+,29-20+. The van der Waals surface area contributed by atoms with Crippen LogP contribution in [0.4, 0.5) is 4.39 Å². The zero-order chi connectivity index (χ0) is 20.3. The lowest BCUT2D eigenvalue weighted by atomic mass is 10.0. The molecule has 0 spiro atoms. The van der Waals surface area contributed by atoms with E-state index in [1.165, 1.54) is 5.56 Å². The third-order valence-corrected chi connectivity index (χ3v) is 4.68. The van der Waals surface area contributed by atoms with Gasteiger partial charge in [0, 0.05) is 6.42 Å². The second kappa shape index (κ2) is 10.9. The normalized spacial score (nSPS) is 11.3. The first-order valence-electron chi connectivity index (χ1n) is 9.80. The fourth-order valence-electron chi connectivity index (χ4n) is 2.97. The van der Waals surface area contributed by atoms with Crippen molar-refractivity contribution in [1.29, 1.82) is 0 Å². The molecule has 0 bridgehead atoms. The third kappa shape index (κ3) is 6.35. The van der Waals surface area contributed by atoms with Gasteiger partial charge in [-0.1, -0.05) is 78.9 Å². The Morgan fingerprint density at radius 2 is 1.10 bits per heavy atom. The van der Waals surface area contributed by atoms with Gasteiger partial charge in [-0.3, -0.25) is 4.39 Å². The lowest BCUT2D eigenvalue weighted by molar-refractivity contribution is 0.495. The molecule has 3 heteroatoms. The molecule has 146 valence electrons.